The van der Waals surface area contributed by atoms with Crippen LogP contribution >= 0.6 is 0 Å². The molecule has 2 N–H and O–H groups in total. The number of carbonyl (C=O) groups excluding carboxylic acids is 1. The van der Waals surface area contributed by atoms with Gasteiger partial charge in [-0.3, -0.25) is 14.4 Å². The Labute approximate surface area is 142 Å². The maximum Gasteiger partial charge on any atom is 0.260 e. The molecule has 3 aromatic rings. The van der Waals surface area contributed by atoms with E-state index >= 15 is 0 Å². The number of nitrogens with one attached hydrogen (secondary N) is 2. The highest BCUT2D eigenvalue weighted by molar-refractivity contribution is 5.94. The highest BCUT2D eigenvalue weighted by atomic mass is 16.2. The van der Waals surface area contributed by atoms with Gasteiger partial charge in [-0.25, -0.2) is 4.98 Å². The van der Waals surface area contributed by atoms with Gasteiger partial charge in [0.15, 0.2) is 0 Å². The number of fused-ring (bicyclic) bond motifs is 1. The van der Waals surface area contributed by atoms with E-state index in [0.717, 1.165) is 6.42 Å². The lowest BCUT2D eigenvalue weighted by Gasteiger charge is -2.23. The minimum atomic E-state index is -0.418. The quantitative estimate of drug-likeness (QED) is 0.742. The zero-order chi connectivity index (χ0) is 17.4. The molecule has 0 spiro atoms. The summed E-state index contributed by atoms with van der Waals surface area (Å²) in [4.78, 5) is 48.5. The average Bonchev–Trinajstić information content (AvgIpc) is 3.11. The van der Waals surface area contributed by atoms with Gasteiger partial charge in [0, 0.05) is 12.7 Å². The Morgan fingerprint density at radius 1 is 1.12 bits per heavy atom. The van der Waals surface area contributed by atoms with Crippen molar-refractivity contribution in [2.45, 2.75) is 18.9 Å². The van der Waals surface area contributed by atoms with Gasteiger partial charge >= 0.3 is 0 Å². The van der Waals surface area contributed by atoms with Crippen LogP contribution in [0.1, 0.15) is 35.1 Å². The molecule has 0 aliphatic carbocycles. The van der Waals surface area contributed by atoms with Crippen molar-refractivity contribution in [3.05, 3.63) is 74.7 Å². The smallest absolute Gasteiger partial charge is 0.260 e. The SMILES string of the molecule is O=C(c1ccc[nH]c1=O)N1CCCC1c1nc2ccccc2c(=O)[nH]1. The fourth-order valence-corrected chi connectivity index (χ4v) is 3.30. The highest BCUT2D eigenvalue weighted by Gasteiger charge is 2.33. The van der Waals surface area contributed by atoms with Gasteiger partial charge in [-0.1, -0.05) is 12.1 Å². The van der Waals surface area contributed by atoms with Crippen LogP contribution < -0.4 is 11.1 Å². The van der Waals surface area contributed by atoms with Gasteiger partial charge in [0.05, 0.1) is 16.9 Å². The molecule has 1 aliphatic heterocycles. The summed E-state index contributed by atoms with van der Waals surface area (Å²) in [7, 11) is 0. The Morgan fingerprint density at radius 3 is 2.80 bits per heavy atom. The fourth-order valence-electron chi connectivity index (χ4n) is 3.30. The highest BCUT2D eigenvalue weighted by Crippen LogP contribution is 2.30. The van der Waals surface area contributed by atoms with Gasteiger partial charge in [0.25, 0.3) is 17.0 Å². The van der Waals surface area contributed by atoms with Crippen LogP contribution in [-0.4, -0.2) is 32.3 Å². The van der Waals surface area contributed by atoms with E-state index in [1.54, 1.807) is 29.2 Å². The first kappa shape index (κ1) is 15.3. The van der Waals surface area contributed by atoms with Gasteiger partial charge in [0.2, 0.25) is 0 Å². The molecule has 1 fully saturated rings. The normalized spacial score (nSPS) is 17.1. The zero-order valence-electron chi connectivity index (χ0n) is 13.4. The number of rotatable bonds is 2. The third kappa shape index (κ3) is 2.63. The predicted octanol–water partition coefficient (Wildman–Crippen LogP) is 1.59. The van der Waals surface area contributed by atoms with E-state index in [1.165, 1.54) is 12.3 Å². The summed E-state index contributed by atoms with van der Waals surface area (Å²) >= 11 is 0. The number of carbonyl (C=O) groups is 1. The molecule has 1 unspecified atom stereocenters. The lowest BCUT2D eigenvalue weighted by Crippen LogP contribution is -2.35. The summed E-state index contributed by atoms with van der Waals surface area (Å²) in [5.74, 6) is 0.113. The summed E-state index contributed by atoms with van der Waals surface area (Å²) in [5.41, 5.74) is 0.0474. The van der Waals surface area contributed by atoms with Crippen molar-refractivity contribution < 1.29 is 4.79 Å². The summed E-state index contributed by atoms with van der Waals surface area (Å²) in [6.07, 6.45) is 2.97. The topological polar surface area (TPSA) is 98.9 Å². The van der Waals surface area contributed by atoms with Crippen molar-refractivity contribution >= 4 is 16.8 Å². The van der Waals surface area contributed by atoms with Crippen LogP contribution in [0.2, 0.25) is 0 Å². The van der Waals surface area contributed by atoms with E-state index in [0.29, 0.717) is 29.7 Å². The van der Waals surface area contributed by atoms with E-state index in [4.69, 9.17) is 0 Å². The summed E-state index contributed by atoms with van der Waals surface area (Å²) in [5, 5.41) is 0.515. The van der Waals surface area contributed by atoms with Crippen LogP contribution in [-0.2, 0) is 0 Å². The molecule has 0 saturated carbocycles. The molecule has 4 rings (SSSR count). The van der Waals surface area contributed by atoms with Crippen LogP contribution in [0.3, 0.4) is 0 Å². The van der Waals surface area contributed by atoms with Gasteiger partial charge in [-0.15, -0.1) is 0 Å². The fraction of sp³-hybridized carbons (Fsp3) is 0.222. The number of likely N-dealkylation sites (tertiary alicyclic amines) is 1. The number of H-pyrrole nitrogens is 2. The maximum atomic E-state index is 12.8. The van der Waals surface area contributed by atoms with Crippen molar-refractivity contribution in [2.75, 3.05) is 6.54 Å². The molecular weight excluding hydrogens is 320 g/mol. The van der Waals surface area contributed by atoms with Crippen molar-refractivity contribution in [2.24, 2.45) is 0 Å². The molecule has 126 valence electrons. The van der Waals surface area contributed by atoms with E-state index in [2.05, 4.69) is 15.0 Å². The van der Waals surface area contributed by atoms with E-state index in [9.17, 15) is 14.4 Å². The third-order valence-electron chi connectivity index (χ3n) is 4.51. The summed E-state index contributed by atoms with van der Waals surface area (Å²) in [6, 6.07) is 9.88. The Bertz CT molecular complexity index is 1070. The number of aromatic nitrogens is 3. The number of aromatic amines is 2. The Balaban J connectivity index is 1.75. The molecule has 0 radical (unpaired) electrons. The Morgan fingerprint density at radius 2 is 1.96 bits per heavy atom. The van der Waals surface area contributed by atoms with Crippen molar-refractivity contribution in [3.63, 3.8) is 0 Å². The lowest BCUT2D eigenvalue weighted by molar-refractivity contribution is 0.0728. The molecule has 1 aromatic carbocycles. The minimum Gasteiger partial charge on any atom is -0.328 e. The molecule has 1 aliphatic rings. The summed E-state index contributed by atoms with van der Waals surface area (Å²) in [6.45, 7) is 0.522. The number of amides is 1. The molecule has 1 saturated heterocycles. The molecule has 7 heteroatoms. The number of pyridine rings is 1. The molecule has 0 bridgehead atoms. The first-order valence-corrected chi connectivity index (χ1v) is 8.13. The lowest BCUT2D eigenvalue weighted by atomic mass is 10.1. The second-order valence-electron chi connectivity index (χ2n) is 6.04. The van der Waals surface area contributed by atoms with Crippen molar-refractivity contribution in [1.29, 1.82) is 0 Å². The zero-order valence-corrected chi connectivity index (χ0v) is 13.4. The van der Waals surface area contributed by atoms with Gasteiger partial charge in [-0.2, -0.15) is 0 Å². The van der Waals surface area contributed by atoms with Crippen LogP contribution in [0.4, 0.5) is 0 Å². The predicted molar refractivity (Wildman–Crippen MR) is 92.4 cm³/mol. The molecule has 25 heavy (non-hydrogen) atoms. The second-order valence-corrected chi connectivity index (χ2v) is 6.04. The molecular formula is C18H16N4O3. The monoisotopic (exact) mass is 336 g/mol. The molecule has 3 heterocycles. The first-order chi connectivity index (χ1) is 12.1. The van der Waals surface area contributed by atoms with E-state index < -0.39 is 5.56 Å². The van der Waals surface area contributed by atoms with Crippen molar-refractivity contribution in [1.82, 2.24) is 19.9 Å². The van der Waals surface area contributed by atoms with Crippen LogP contribution in [0.25, 0.3) is 10.9 Å². The number of nitrogens with zero attached hydrogens (tertiary/aromatic N) is 2. The molecule has 1 amide bonds. The number of para-hydroxylation sites is 1. The van der Waals surface area contributed by atoms with Gasteiger partial charge < -0.3 is 14.9 Å². The second kappa shape index (κ2) is 6.01. The van der Waals surface area contributed by atoms with Gasteiger partial charge in [-0.05, 0) is 37.1 Å². The van der Waals surface area contributed by atoms with Gasteiger partial charge in [0.1, 0.15) is 11.4 Å². The number of hydrogen-bond donors (Lipinski definition) is 2. The van der Waals surface area contributed by atoms with Crippen molar-refractivity contribution in [3.8, 4) is 0 Å². The Hall–Kier alpha value is -3.22. The minimum absolute atomic E-state index is 0.0949. The molecule has 1 atom stereocenters. The largest absolute Gasteiger partial charge is 0.328 e. The van der Waals surface area contributed by atoms with Crippen LogP contribution in [0.15, 0.2) is 52.2 Å². The number of hydrogen-bond acceptors (Lipinski definition) is 4. The third-order valence-corrected chi connectivity index (χ3v) is 4.51. The van der Waals surface area contributed by atoms with E-state index in [1.807, 2.05) is 6.07 Å². The number of benzene rings is 1. The standard InChI is InChI=1S/C18H16N4O3/c23-16-12(6-3-9-19-16)18(25)22-10-4-8-14(22)15-20-13-7-2-1-5-11(13)17(24)21-15/h1-3,5-7,9,14H,4,8,10H2,(H,19,23)(H,20,21,24). The molecule has 7 nitrogen and oxygen atoms in total. The van der Waals surface area contributed by atoms with Crippen LogP contribution in [0.5, 0.6) is 0 Å². The summed E-state index contributed by atoms with van der Waals surface area (Å²) < 4.78 is 0. The molecule has 2 aromatic heterocycles. The van der Waals surface area contributed by atoms with E-state index in [-0.39, 0.29) is 23.1 Å². The average molecular weight is 336 g/mol. The van der Waals surface area contributed by atoms with Crippen LogP contribution in [0, 0.1) is 0 Å². The Kier molecular flexibility index (Phi) is 3.68. The maximum absolute atomic E-state index is 12.8. The first-order valence-electron chi connectivity index (χ1n) is 8.13.